The van der Waals surface area contributed by atoms with Crippen LogP contribution in [0.4, 0.5) is 5.69 Å². The summed E-state index contributed by atoms with van der Waals surface area (Å²) < 4.78 is 5.62. The van der Waals surface area contributed by atoms with Crippen molar-refractivity contribution in [1.29, 1.82) is 0 Å². The lowest BCUT2D eigenvalue weighted by Gasteiger charge is -2.11. The average molecular weight is 410 g/mol. The standard InChI is InChI=1S/C16H16BrN3O3S/c1-20(2)14(21)9-10-3-5-11(6-4-10)18-16(24)19-15(22)12-7-8-13(17)23-12/h3-8H,9H2,1-2H3,(H2,18,19,22,24). The number of nitrogens with one attached hydrogen (secondary N) is 2. The number of amides is 2. The highest BCUT2D eigenvalue weighted by Gasteiger charge is 2.12. The summed E-state index contributed by atoms with van der Waals surface area (Å²) in [7, 11) is 3.44. The number of halogens is 1. The molecule has 0 aliphatic carbocycles. The summed E-state index contributed by atoms with van der Waals surface area (Å²) >= 11 is 8.23. The Kier molecular flexibility index (Phi) is 6.10. The molecule has 0 radical (unpaired) electrons. The molecule has 2 rings (SSSR count). The van der Waals surface area contributed by atoms with Crippen LogP contribution in [0.15, 0.2) is 45.5 Å². The maximum atomic E-state index is 11.9. The van der Waals surface area contributed by atoms with Crippen LogP contribution in [0.5, 0.6) is 0 Å². The van der Waals surface area contributed by atoms with Gasteiger partial charge in [-0.25, -0.2) is 0 Å². The molecule has 0 atom stereocenters. The van der Waals surface area contributed by atoms with Gasteiger partial charge in [0.1, 0.15) is 0 Å². The largest absolute Gasteiger partial charge is 0.444 e. The molecule has 126 valence electrons. The molecule has 1 aromatic heterocycles. The molecule has 0 spiro atoms. The van der Waals surface area contributed by atoms with E-state index < -0.39 is 5.91 Å². The monoisotopic (exact) mass is 409 g/mol. The first-order valence-electron chi connectivity index (χ1n) is 7.02. The first kappa shape index (κ1) is 18.2. The molecule has 0 unspecified atom stereocenters. The molecule has 8 heteroatoms. The Hall–Kier alpha value is -2.19. The molecule has 2 aromatic rings. The minimum Gasteiger partial charge on any atom is -0.444 e. The van der Waals surface area contributed by atoms with Gasteiger partial charge in [0.15, 0.2) is 15.5 Å². The smallest absolute Gasteiger partial charge is 0.293 e. The van der Waals surface area contributed by atoms with Crippen molar-refractivity contribution >= 4 is 50.8 Å². The van der Waals surface area contributed by atoms with Crippen LogP contribution in [0, 0.1) is 0 Å². The van der Waals surface area contributed by atoms with Gasteiger partial charge in [0, 0.05) is 19.8 Å². The van der Waals surface area contributed by atoms with Gasteiger partial charge in [-0.2, -0.15) is 0 Å². The van der Waals surface area contributed by atoms with E-state index in [2.05, 4.69) is 26.6 Å². The molecule has 0 saturated heterocycles. The predicted octanol–water partition coefficient (Wildman–Crippen LogP) is 2.80. The average Bonchev–Trinajstić information content (AvgIpc) is 2.95. The van der Waals surface area contributed by atoms with Crippen molar-refractivity contribution in [2.75, 3.05) is 19.4 Å². The first-order valence-corrected chi connectivity index (χ1v) is 8.22. The Morgan fingerprint density at radius 3 is 2.38 bits per heavy atom. The van der Waals surface area contributed by atoms with Gasteiger partial charge in [-0.15, -0.1) is 0 Å². The lowest BCUT2D eigenvalue weighted by molar-refractivity contribution is -0.127. The van der Waals surface area contributed by atoms with Crippen molar-refractivity contribution < 1.29 is 14.0 Å². The number of benzene rings is 1. The zero-order chi connectivity index (χ0) is 17.7. The summed E-state index contributed by atoms with van der Waals surface area (Å²) in [6, 6.07) is 10.4. The first-order chi connectivity index (χ1) is 11.3. The van der Waals surface area contributed by atoms with Gasteiger partial charge in [-0.1, -0.05) is 12.1 Å². The Balaban J connectivity index is 1.90. The van der Waals surface area contributed by atoms with Crippen molar-refractivity contribution in [3.8, 4) is 0 Å². The number of hydrogen-bond donors (Lipinski definition) is 2. The number of hydrogen-bond acceptors (Lipinski definition) is 4. The number of nitrogens with zero attached hydrogens (tertiary/aromatic N) is 1. The molecular weight excluding hydrogens is 394 g/mol. The molecule has 0 aliphatic rings. The van der Waals surface area contributed by atoms with Crippen molar-refractivity contribution in [1.82, 2.24) is 10.2 Å². The Bertz CT molecular complexity index is 756. The van der Waals surface area contributed by atoms with Crippen molar-refractivity contribution in [2.24, 2.45) is 0 Å². The van der Waals surface area contributed by atoms with Gasteiger partial charge in [0.2, 0.25) is 5.91 Å². The predicted molar refractivity (Wildman–Crippen MR) is 98.9 cm³/mol. The lowest BCUT2D eigenvalue weighted by Crippen LogP contribution is -2.33. The van der Waals surface area contributed by atoms with Gasteiger partial charge >= 0.3 is 0 Å². The van der Waals surface area contributed by atoms with E-state index in [4.69, 9.17) is 16.6 Å². The summed E-state index contributed by atoms with van der Waals surface area (Å²) in [6.07, 6.45) is 0.335. The lowest BCUT2D eigenvalue weighted by atomic mass is 10.1. The number of thiocarbonyl (C=S) groups is 1. The number of likely N-dealkylation sites (N-methyl/N-ethyl adjacent to an activating group) is 1. The molecule has 0 bridgehead atoms. The Labute approximate surface area is 153 Å². The van der Waals surface area contributed by atoms with E-state index in [0.29, 0.717) is 16.8 Å². The molecule has 0 aliphatic heterocycles. The summed E-state index contributed by atoms with van der Waals surface area (Å²) in [6.45, 7) is 0. The summed E-state index contributed by atoms with van der Waals surface area (Å²) in [5, 5.41) is 5.59. The fraction of sp³-hybridized carbons (Fsp3) is 0.188. The summed E-state index contributed by atoms with van der Waals surface area (Å²) in [5.41, 5.74) is 1.61. The fourth-order valence-corrected chi connectivity index (χ4v) is 2.32. The highest BCUT2D eigenvalue weighted by molar-refractivity contribution is 9.10. The zero-order valence-electron chi connectivity index (χ0n) is 13.1. The second-order valence-electron chi connectivity index (χ2n) is 5.17. The fourth-order valence-electron chi connectivity index (χ4n) is 1.80. The molecule has 1 aromatic carbocycles. The van der Waals surface area contributed by atoms with E-state index in [-0.39, 0.29) is 16.8 Å². The van der Waals surface area contributed by atoms with Crippen molar-refractivity contribution in [2.45, 2.75) is 6.42 Å². The van der Waals surface area contributed by atoms with Crippen LogP contribution in [0.1, 0.15) is 16.1 Å². The number of rotatable bonds is 4. The number of furan rings is 1. The topological polar surface area (TPSA) is 74.6 Å². The van der Waals surface area contributed by atoms with Gasteiger partial charge in [0.05, 0.1) is 6.42 Å². The molecule has 0 fully saturated rings. The second kappa shape index (κ2) is 8.07. The van der Waals surface area contributed by atoms with Gasteiger partial charge in [0.25, 0.3) is 5.91 Å². The van der Waals surface area contributed by atoms with E-state index in [1.807, 2.05) is 12.1 Å². The SMILES string of the molecule is CN(C)C(=O)Cc1ccc(NC(=S)NC(=O)c2ccc(Br)o2)cc1. The third-order valence-electron chi connectivity index (χ3n) is 3.09. The molecular formula is C16H16BrN3O3S. The maximum absolute atomic E-state index is 11.9. The van der Waals surface area contributed by atoms with Crippen LogP contribution in [0.25, 0.3) is 0 Å². The van der Waals surface area contributed by atoms with Gasteiger partial charge < -0.3 is 14.6 Å². The summed E-state index contributed by atoms with van der Waals surface area (Å²) in [5.74, 6) is -0.252. The summed E-state index contributed by atoms with van der Waals surface area (Å²) in [4.78, 5) is 25.1. The van der Waals surface area contributed by atoms with Crippen LogP contribution in [0.2, 0.25) is 0 Å². The van der Waals surface area contributed by atoms with Crippen LogP contribution in [0.3, 0.4) is 0 Å². The van der Waals surface area contributed by atoms with Crippen LogP contribution in [-0.2, 0) is 11.2 Å². The van der Waals surface area contributed by atoms with Gasteiger partial charge in [-0.05, 0) is 58.0 Å². The van der Waals surface area contributed by atoms with E-state index in [1.54, 1.807) is 43.3 Å². The normalized spacial score (nSPS) is 10.1. The van der Waals surface area contributed by atoms with Crippen LogP contribution < -0.4 is 10.6 Å². The molecule has 24 heavy (non-hydrogen) atoms. The van der Waals surface area contributed by atoms with Crippen molar-refractivity contribution in [3.63, 3.8) is 0 Å². The van der Waals surface area contributed by atoms with E-state index in [1.165, 1.54) is 0 Å². The third-order valence-corrected chi connectivity index (χ3v) is 3.72. The number of carbonyl (C=O) groups is 2. The molecule has 6 nitrogen and oxygen atoms in total. The highest BCUT2D eigenvalue weighted by Crippen LogP contribution is 2.14. The maximum Gasteiger partial charge on any atom is 0.293 e. The minimum absolute atomic E-state index is 0.0307. The Morgan fingerprint density at radius 1 is 1.17 bits per heavy atom. The Morgan fingerprint density at radius 2 is 1.83 bits per heavy atom. The van der Waals surface area contributed by atoms with E-state index >= 15 is 0 Å². The number of anilines is 1. The van der Waals surface area contributed by atoms with E-state index in [9.17, 15) is 9.59 Å². The third kappa shape index (κ3) is 5.17. The molecule has 1 heterocycles. The van der Waals surface area contributed by atoms with Crippen molar-refractivity contribution in [3.05, 3.63) is 52.4 Å². The second-order valence-corrected chi connectivity index (χ2v) is 6.36. The molecule has 2 amide bonds. The molecule has 0 saturated carbocycles. The number of carbonyl (C=O) groups excluding carboxylic acids is 2. The zero-order valence-corrected chi connectivity index (χ0v) is 15.5. The molecule has 2 N–H and O–H groups in total. The van der Waals surface area contributed by atoms with E-state index in [0.717, 1.165) is 5.56 Å². The minimum atomic E-state index is -0.439. The highest BCUT2D eigenvalue weighted by atomic mass is 79.9. The van der Waals surface area contributed by atoms with Crippen LogP contribution >= 0.6 is 28.1 Å². The van der Waals surface area contributed by atoms with Crippen LogP contribution in [-0.4, -0.2) is 35.9 Å². The quantitative estimate of drug-likeness (QED) is 0.759. The van der Waals surface area contributed by atoms with Gasteiger partial charge in [-0.3, -0.25) is 14.9 Å².